The van der Waals surface area contributed by atoms with Crippen molar-refractivity contribution in [3.05, 3.63) is 40.8 Å². The standard InChI is InChI=1S/C15H15ClFN3O3S/c1-24(22,23)20-6-4-19(5-7-20)15(21)12-9-18-13-3-2-10(17)8-11(13)14(12)16/h2-3,8-9H,4-7H2,1H3. The second kappa shape index (κ2) is 6.27. The van der Waals surface area contributed by atoms with Gasteiger partial charge < -0.3 is 4.90 Å². The lowest BCUT2D eigenvalue weighted by molar-refractivity contribution is 0.0698. The van der Waals surface area contributed by atoms with Crippen molar-refractivity contribution in [1.29, 1.82) is 0 Å². The lowest BCUT2D eigenvalue weighted by atomic mass is 10.1. The number of benzene rings is 1. The number of rotatable bonds is 2. The highest BCUT2D eigenvalue weighted by atomic mass is 35.5. The molecule has 9 heteroatoms. The lowest BCUT2D eigenvalue weighted by Gasteiger charge is -2.33. The number of carbonyl (C=O) groups is 1. The van der Waals surface area contributed by atoms with Crippen LogP contribution in [-0.4, -0.2) is 60.9 Å². The molecule has 0 atom stereocenters. The quantitative estimate of drug-likeness (QED) is 0.806. The first-order chi connectivity index (χ1) is 11.3. The van der Waals surface area contributed by atoms with Gasteiger partial charge in [0.1, 0.15) is 5.82 Å². The van der Waals surface area contributed by atoms with Crippen LogP contribution in [0.5, 0.6) is 0 Å². The number of nitrogens with zero attached hydrogens (tertiary/aromatic N) is 3. The fraction of sp³-hybridized carbons (Fsp3) is 0.333. The normalized spacial score (nSPS) is 16.5. The van der Waals surface area contributed by atoms with Crippen molar-refractivity contribution in [3.8, 4) is 0 Å². The number of carbonyl (C=O) groups excluding carboxylic acids is 1. The van der Waals surface area contributed by atoms with Gasteiger partial charge >= 0.3 is 0 Å². The van der Waals surface area contributed by atoms with Crippen molar-refractivity contribution in [1.82, 2.24) is 14.2 Å². The summed E-state index contributed by atoms with van der Waals surface area (Å²) in [5.41, 5.74) is 0.683. The van der Waals surface area contributed by atoms with Gasteiger partial charge in [-0.2, -0.15) is 4.31 Å². The van der Waals surface area contributed by atoms with Gasteiger partial charge in [-0.05, 0) is 18.2 Å². The zero-order chi connectivity index (χ0) is 17.5. The number of hydrogen-bond acceptors (Lipinski definition) is 4. The number of piperazine rings is 1. The average Bonchev–Trinajstić information content (AvgIpc) is 2.54. The van der Waals surface area contributed by atoms with E-state index in [0.717, 1.165) is 6.26 Å². The third kappa shape index (κ3) is 3.22. The molecule has 0 radical (unpaired) electrons. The van der Waals surface area contributed by atoms with E-state index in [2.05, 4.69) is 4.98 Å². The van der Waals surface area contributed by atoms with Gasteiger partial charge in [0, 0.05) is 37.8 Å². The molecule has 1 aromatic heterocycles. The van der Waals surface area contributed by atoms with E-state index >= 15 is 0 Å². The van der Waals surface area contributed by atoms with Gasteiger partial charge in [-0.3, -0.25) is 9.78 Å². The summed E-state index contributed by atoms with van der Waals surface area (Å²) in [6, 6.07) is 4.01. The first-order valence-corrected chi connectivity index (χ1v) is 9.48. The summed E-state index contributed by atoms with van der Waals surface area (Å²) in [5.74, 6) is -0.802. The monoisotopic (exact) mass is 371 g/mol. The Kier molecular flexibility index (Phi) is 4.46. The Hall–Kier alpha value is -1.77. The highest BCUT2D eigenvalue weighted by Crippen LogP contribution is 2.27. The van der Waals surface area contributed by atoms with E-state index < -0.39 is 15.8 Å². The summed E-state index contributed by atoms with van der Waals surface area (Å²) in [7, 11) is -3.27. The van der Waals surface area contributed by atoms with Crippen LogP contribution in [0.25, 0.3) is 10.9 Å². The number of aromatic nitrogens is 1. The number of pyridine rings is 1. The minimum absolute atomic E-state index is 0.148. The molecule has 0 saturated carbocycles. The van der Waals surface area contributed by atoms with Crippen LogP contribution in [0.15, 0.2) is 24.4 Å². The molecule has 1 saturated heterocycles. The number of sulfonamides is 1. The first kappa shape index (κ1) is 17.1. The maximum atomic E-state index is 13.4. The average molecular weight is 372 g/mol. The van der Waals surface area contributed by atoms with Gasteiger partial charge in [-0.15, -0.1) is 0 Å². The summed E-state index contributed by atoms with van der Waals surface area (Å²) in [5, 5.41) is 0.521. The van der Waals surface area contributed by atoms with E-state index in [9.17, 15) is 17.6 Å². The molecular weight excluding hydrogens is 357 g/mol. The molecule has 2 heterocycles. The number of halogens is 2. The van der Waals surface area contributed by atoms with E-state index in [1.807, 2.05) is 0 Å². The van der Waals surface area contributed by atoms with Gasteiger partial charge in [-0.1, -0.05) is 11.6 Å². The number of hydrogen-bond donors (Lipinski definition) is 0. The molecule has 1 aromatic carbocycles. The van der Waals surface area contributed by atoms with Gasteiger partial charge in [0.15, 0.2) is 0 Å². The molecule has 0 aliphatic carbocycles. The summed E-state index contributed by atoms with van der Waals surface area (Å²) < 4.78 is 37.8. The Labute approximate surface area is 143 Å². The fourth-order valence-electron chi connectivity index (χ4n) is 2.67. The molecule has 2 aromatic rings. The van der Waals surface area contributed by atoms with Crippen molar-refractivity contribution in [2.75, 3.05) is 32.4 Å². The third-order valence-corrected chi connectivity index (χ3v) is 5.70. The lowest BCUT2D eigenvalue weighted by Crippen LogP contribution is -2.50. The predicted molar refractivity (Wildman–Crippen MR) is 89.0 cm³/mol. The molecule has 1 aliphatic rings. The van der Waals surface area contributed by atoms with Crippen LogP contribution >= 0.6 is 11.6 Å². The van der Waals surface area contributed by atoms with Crippen LogP contribution in [0.4, 0.5) is 4.39 Å². The Morgan fingerprint density at radius 1 is 1.25 bits per heavy atom. The predicted octanol–water partition coefficient (Wildman–Crippen LogP) is 1.74. The van der Waals surface area contributed by atoms with Gasteiger partial charge in [0.25, 0.3) is 5.91 Å². The van der Waals surface area contributed by atoms with E-state index in [4.69, 9.17) is 11.6 Å². The minimum Gasteiger partial charge on any atom is -0.336 e. The molecule has 1 fully saturated rings. The summed E-state index contributed by atoms with van der Waals surface area (Å²) in [4.78, 5) is 18.3. The fourth-order valence-corrected chi connectivity index (χ4v) is 3.78. The van der Waals surface area contributed by atoms with Crippen LogP contribution in [0.2, 0.25) is 5.02 Å². The largest absolute Gasteiger partial charge is 0.336 e. The molecule has 1 amide bonds. The molecule has 0 spiro atoms. The molecular formula is C15H15ClFN3O3S. The Balaban J connectivity index is 1.86. The smallest absolute Gasteiger partial charge is 0.257 e. The minimum atomic E-state index is -3.27. The van der Waals surface area contributed by atoms with E-state index in [1.54, 1.807) is 0 Å². The molecule has 6 nitrogen and oxygen atoms in total. The third-order valence-electron chi connectivity index (χ3n) is 3.99. The van der Waals surface area contributed by atoms with E-state index in [-0.39, 0.29) is 42.7 Å². The van der Waals surface area contributed by atoms with Crippen molar-refractivity contribution in [2.45, 2.75) is 0 Å². The summed E-state index contributed by atoms with van der Waals surface area (Å²) in [6.45, 7) is 1.00. The summed E-state index contributed by atoms with van der Waals surface area (Å²) in [6.07, 6.45) is 2.51. The molecule has 1 aliphatic heterocycles. The van der Waals surface area contributed by atoms with Crippen LogP contribution in [0.1, 0.15) is 10.4 Å². The van der Waals surface area contributed by atoms with Crippen LogP contribution in [0, 0.1) is 5.82 Å². The first-order valence-electron chi connectivity index (χ1n) is 7.25. The van der Waals surface area contributed by atoms with Gasteiger partial charge in [-0.25, -0.2) is 12.8 Å². The van der Waals surface area contributed by atoms with Crippen molar-refractivity contribution in [2.24, 2.45) is 0 Å². The van der Waals surface area contributed by atoms with Crippen molar-refractivity contribution < 1.29 is 17.6 Å². The Morgan fingerprint density at radius 2 is 1.92 bits per heavy atom. The molecule has 0 bridgehead atoms. The Bertz CT molecular complexity index is 912. The van der Waals surface area contributed by atoms with Gasteiger partial charge in [0.2, 0.25) is 10.0 Å². The van der Waals surface area contributed by atoms with Crippen LogP contribution in [0.3, 0.4) is 0 Å². The van der Waals surface area contributed by atoms with Crippen molar-refractivity contribution in [3.63, 3.8) is 0 Å². The second-order valence-electron chi connectivity index (χ2n) is 5.60. The second-order valence-corrected chi connectivity index (χ2v) is 7.96. The van der Waals surface area contributed by atoms with Crippen LogP contribution in [-0.2, 0) is 10.0 Å². The maximum absolute atomic E-state index is 13.4. The van der Waals surface area contributed by atoms with Gasteiger partial charge in [0.05, 0.1) is 22.4 Å². The molecule has 3 rings (SSSR count). The highest BCUT2D eigenvalue weighted by Gasteiger charge is 2.28. The maximum Gasteiger partial charge on any atom is 0.257 e. The number of amides is 1. The zero-order valence-corrected chi connectivity index (χ0v) is 14.4. The Morgan fingerprint density at radius 3 is 2.54 bits per heavy atom. The van der Waals surface area contributed by atoms with E-state index in [1.165, 1.54) is 33.6 Å². The van der Waals surface area contributed by atoms with E-state index in [0.29, 0.717) is 10.9 Å². The molecule has 24 heavy (non-hydrogen) atoms. The summed E-state index contributed by atoms with van der Waals surface area (Å²) >= 11 is 6.27. The molecule has 0 N–H and O–H groups in total. The van der Waals surface area contributed by atoms with Crippen LogP contribution < -0.4 is 0 Å². The molecule has 128 valence electrons. The highest BCUT2D eigenvalue weighted by molar-refractivity contribution is 7.88. The SMILES string of the molecule is CS(=O)(=O)N1CCN(C(=O)c2cnc3ccc(F)cc3c2Cl)CC1. The number of fused-ring (bicyclic) bond motifs is 1. The zero-order valence-electron chi connectivity index (χ0n) is 12.9. The van der Waals surface area contributed by atoms with Crippen molar-refractivity contribution >= 4 is 38.4 Å². The topological polar surface area (TPSA) is 70.6 Å². The molecule has 0 unspecified atom stereocenters.